The van der Waals surface area contributed by atoms with Crippen LogP contribution in [0.25, 0.3) is 0 Å². The summed E-state index contributed by atoms with van der Waals surface area (Å²) in [4.78, 5) is 12.1. The third-order valence-corrected chi connectivity index (χ3v) is 3.22. The second kappa shape index (κ2) is 5.05. The van der Waals surface area contributed by atoms with E-state index in [1.807, 2.05) is 0 Å². The van der Waals surface area contributed by atoms with Gasteiger partial charge in [0.15, 0.2) is 23.2 Å². The van der Waals surface area contributed by atoms with Gasteiger partial charge in [0.25, 0.3) is 0 Å². The van der Waals surface area contributed by atoms with Gasteiger partial charge in [-0.2, -0.15) is 0 Å². The monoisotopic (exact) mass is 284 g/mol. The Morgan fingerprint density at radius 3 is 2.37 bits per heavy atom. The first kappa shape index (κ1) is 13.6. The minimum atomic E-state index is -1.67. The van der Waals surface area contributed by atoms with Crippen LogP contribution < -0.4 is 0 Å². The Morgan fingerprint density at radius 2 is 1.68 bits per heavy atom. The van der Waals surface area contributed by atoms with E-state index in [9.17, 15) is 18.0 Å². The van der Waals surface area contributed by atoms with Crippen molar-refractivity contribution in [1.82, 2.24) is 0 Å². The molecule has 5 heteroatoms. The zero-order valence-electron chi connectivity index (χ0n) is 9.81. The molecule has 0 atom stereocenters. The van der Waals surface area contributed by atoms with Crippen molar-refractivity contribution in [1.29, 1.82) is 0 Å². The number of carbonyl (C=O) groups excluding carboxylic acids is 1. The van der Waals surface area contributed by atoms with Gasteiger partial charge in [-0.05, 0) is 30.7 Å². The van der Waals surface area contributed by atoms with E-state index < -0.39 is 28.8 Å². The maximum absolute atomic E-state index is 13.6. The van der Waals surface area contributed by atoms with Crippen molar-refractivity contribution in [3.05, 3.63) is 69.5 Å². The summed E-state index contributed by atoms with van der Waals surface area (Å²) in [6, 6.07) is 6.26. The van der Waals surface area contributed by atoms with Gasteiger partial charge in [-0.25, -0.2) is 13.2 Å². The third kappa shape index (κ3) is 2.36. The van der Waals surface area contributed by atoms with E-state index in [-0.39, 0.29) is 10.6 Å². The number of benzene rings is 2. The number of halogens is 4. The number of hydrogen-bond donors (Lipinski definition) is 0. The molecule has 0 amide bonds. The fraction of sp³-hybridized carbons (Fsp3) is 0.0714. The fourth-order valence-corrected chi connectivity index (χ4v) is 1.88. The lowest BCUT2D eigenvalue weighted by molar-refractivity contribution is 0.103. The Morgan fingerprint density at radius 1 is 1.00 bits per heavy atom. The number of aryl methyl sites for hydroxylation is 1. The number of rotatable bonds is 2. The van der Waals surface area contributed by atoms with Gasteiger partial charge in [-0.15, -0.1) is 0 Å². The van der Waals surface area contributed by atoms with E-state index in [2.05, 4.69) is 0 Å². The SMILES string of the molecule is Cc1cccc(C(=O)c2ccc(F)c(F)c2F)c1Cl. The van der Waals surface area contributed by atoms with E-state index in [0.717, 1.165) is 6.07 Å². The zero-order chi connectivity index (χ0) is 14.2. The molecule has 0 saturated heterocycles. The quantitative estimate of drug-likeness (QED) is 0.594. The molecule has 0 saturated carbocycles. The molecule has 1 nitrogen and oxygen atoms in total. The van der Waals surface area contributed by atoms with Crippen LogP contribution in [-0.2, 0) is 0 Å². The summed E-state index contributed by atoms with van der Waals surface area (Å²) >= 11 is 5.95. The number of carbonyl (C=O) groups is 1. The molecule has 0 heterocycles. The third-order valence-electron chi connectivity index (χ3n) is 2.72. The Balaban J connectivity index is 2.57. The maximum Gasteiger partial charge on any atom is 0.197 e. The van der Waals surface area contributed by atoms with Gasteiger partial charge in [0.05, 0.1) is 10.6 Å². The van der Waals surface area contributed by atoms with Crippen LogP contribution in [0.1, 0.15) is 21.5 Å². The molecule has 0 aliphatic heterocycles. The van der Waals surface area contributed by atoms with E-state index in [4.69, 9.17) is 11.6 Å². The first-order valence-corrected chi connectivity index (χ1v) is 5.74. The van der Waals surface area contributed by atoms with E-state index in [1.165, 1.54) is 6.07 Å². The van der Waals surface area contributed by atoms with E-state index >= 15 is 0 Å². The fourth-order valence-electron chi connectivity index (χ4n) is 1.67. The first-order valence-electron chi connectivity index (χ1n) is 5.36. The average molecular weight is 285 g/mol. The largest absolute Gasteiger partial charge is 0.288 e. The van der Waals surface area contributed by atoms with Crippen LogP contribution in [0.4, 0.5) is 13.2 Å². The van der Waals surface area contributed by atoms with Crippen molar-refractivity contribution in [2.45, 2.75) is 6.92 Å². The van der Waals surface area contributed by atoms with Crippen molar-refractivity contribution in [3.8, 4) is 0 Å². The zero-order valence-corrected chi connectivity index (χ0v) is 10.6. The Labute approximate surface area is 112 Å². The molecule has 0 bridgehead atoms. The summed E-state index contributed by atoms with van der Waals surface area (Å²) in [6.07, 6.45) is 0. The minimum absolute atomic E-state index is 0.0478. The summed E-state index contributed by atoms with van der Waals surface area (Å²) in [7, 11) is 0. The molecule has 2 aromatic carbocycles. The van der Waals surface area contributed by atoms with Crippen molar-refractivity contribution in [3.63, 3.8) is 0 Å². The van der Waals surface area contributed by atoms with Gasteiger partial charge in [-0.3, -0.25) is 4.79 Å². The van der Waals surface area contributed by atoms with Gasteiger partial charge in [0.2, 0.25) is 0 Å². The molecule has 0 unspecified atom stereocenters. The van der Waals surface area contributed by atoms with Crippen LogP contribution in [0, 0.1) is 24.4 Å². The maximum atomic E-state index is 13.6. The van der Waals surface area contributed by atoms with Crippen LogP contribution in [0.3, 0.4) is 0 Å². The van der Waals surface area contributed by atoms with Crippen molar-refractivity contribution < 1.29 is 18.0 Å². The molecule has 19 heavy (non-hydrogen) atoms. The molecule has 0 spiro atoms. The smallest absolute Gasteiger partial charge is 0.197 e. The molecule has 0 aliphatic carbocycles. The molecule has 0 N–H and O–H groups in total. The second-order valence-corrected chi connectivity index (χ2v) is 4.37. The molecule has 0 radical (unpaired) electrons. The summed E-state index contributed by atoms with van der Waals surface area (Å²) in [6.45, 7) is 1.68. The van der Waals surface area contributed by atoms with Gasteiger partial charge in [-0.1, -0.05) is 23.7 Å². The van der Waals surface area contributed by atoms with Crippen LogP contribution in [-0.4, -0.2) is 5.78 Å². The Kier molecular flexibility index (Phi) is 3.62. The van der Waals surface area contributed by atoms with E-state index in [0.29, 0.717) is 11.6 Å². The van der Waals surface area contributed by atoms with Crippen molar-refractivity contribution >= 4 is 17.4 Å². The summed E-state index contributed by atoms with van der Waals surface area (Å²) in [5.41, 5.74) is 0.133. The molecule has 0 aliphatic rings. The van der Waals surface area contributed by atoms with Crippen molar-refractivity contribution in [2.75, 3.05) is 0 Å². The average Bonchev–Trinajstić information content (AvgIpc) is 2.39. The Bertz CT molecular complexity index is 668. The molecule has 98 valence electrons. The highest BCUT2D eigenvalue weighted by atomic mass is 35.5. The number of ketones is 1. The molecule has 2 rings (SSSR count). The van der Waals surface area contributed by atoms with Crippen LogP contribution in [0.5, 0.6) is 0 Å². The lowest BCUT2D eigenvalue weighted by Crippen LogP contribution is -2.08. The predicted octanol–water partition coefficient (Wildman–Crippen LogP) is 4.30. The topological polar surface area (TPSA) is 17.1 Å². The standard InChI is InChI=1S/C14H8ClF3O/c1-7-3-2-4-8(11(7)15)14(19)9-5-6-10(16)13(18)12(9)17/h2-6H,1H3. The Hall–Kier alpha value is -1.81. The highest BCUT2D eigenvalue weighted by Gasteiger charge is 2.21. The minimum Gasteiger partial charge on any atom is -0.288 e. The highest BCUT2D eigenvalue weighted by molar-refractivity contribution is 6.35. The normalized spacial score (nSPS) is 10.6. The van der Waals surface area contributed by atoms with E-state index in [1.54, 1.807) is 19.1 Å². The molecule has 2 aromatic rings. The molecule has 0 aromatic heterocycles. The van der Waals surface area contributed by atoms with Crippen LogP contribution >= 0.6 is 11.6 Å². The molecule has 0 fully saturated rings. The lowest BCUT2D eigenvalue weighted by Gasteiger charge is -2.07. The lowest BCUT2D eigenvalue weighted by atomic mass is 10.0. The van der Waals surface area contributed by atoms with Crippen LogP contribution in [0.15, 0.2) is 30.3 Å². The summed E-state index contributed by atoms with van der Waals surface area (Å²) in [5, 5.41) is 0.164. The van der Waals surface area contributed by atoms with Gasteiger partial charge < -0.3 is 0 Å². The van der Waals surface area contributed by atoms with Crippen LogP contribution in [0.2, 0.25) is 5.02 Å². The van der Waals surface area contributed by atoms with Gasteiger partial charge in [0.1, 0.15) is 0 Å². The summed E-state index contributed by atoms with van der Waals surface area (Å²) < 4.78 is 39.5. The summed E-state index contributed by atoms with van der Waals surface area (Å²) in [5.74, 6) is -5.31. The number of hydrogen-bond acceptors (Lipinski definition) is 1. The molecular formula is C14H8ClF3O. The predicted molar refractivity (Wildman–Crippen MR) is 65.9 cm³/mol. The second-order valence-electron chi connectivity index (χ2n) is 3.99. The molecular weight excluding hydrogens is 277 g/mol. The van der Waals surface area contributed by atoms with Gasteiger partial charge >= 0.3 is 0 Å². The van der Waals surface area contributed by atoms with Gasteiger partial charge in [0, 0.05) is 5.56 Å². The highest BCUT2D eigenvalue weighted by Crippen LogP contribution is 2.25. The van der Waals surface area contributed by atoms with Crippen molar-refractivity contribution in [2.24, 2.45) is 0 Å². The first-order chi connectivity index (χ1) is 8.93.